The van der Waals surface area contributed by atoms with Gasteiger partial charge in [0.25, 0.3) is 5.91 Å². The van der Waals surface area contributed by atoms with Gasteiger partial charge in [-0.3, -0.25) is 9.78 Å². The van der Waals surface area contributed by atoms with Crippen LogP contribution < -0.4 is 10.5 Å². The summed E-state index contributed by atoms with van der Waals surface area (Å²) in [6, 6.07) is 5.63. The SMILES string of the molecule is NS(=O)(=O)c1cccc(NC(=O)c2cnccn2)c1. The van der Waals surface area contributed by atoms with Gasteiger partial charge in [-0.25, -0.2) is 18.5 Å². The number of hydrogen-bond donors (Lipinski definition) is 2. The van der Waals surface area contributed by atoms with Crippen LogP contribution in [-0.4, -0.2) is 24.3 Å². The third-order valence-corrected chi connectivity index (χ3v) is 3.13. The lowest BCUT2D eigenvalue weighted by Crippen LogP contribution is -2.15. The molecule has 8 heteroatoms. The molecule has 1 amide bonds. The summed E-state index contributed by atoms with van der Waals surface area (Å²) >= 11 is 0. The van der Waals surface area contributed by atoms with Crippen molar-refractivity contribution in [3.8, 4) is 0 Å². The van der Waals surface area contributed by atoms with Gasteiger partial charge < -0.3 is 5.32 Å². The number of rotatable bonds is 3. The molecule has 0 unspecified atom stereocenters. The van der Waals surface area contributed by atoms with Crippen molar-refractivity contribution in [2.45, 2.75) is 4.90 Å². The van der Waals surface area contributed by atoms with Crippen LogP contribution in [-0.2, 0) is 10.0 Å². The van der Waals surface area contributed by atoms with E-state index in [0.717, 1.165) is 0 Å². The van der Waals surface area contributed by atoms with Crippen molar-refractivity contribution in [3.05, 3.63) is 48.5 Å². The zero-order chi connectivity index (χ0) is 13.9. The lowest BCUT2D eigenvalue weighted by molar-refractivity contribution is 0.102. The molecule has 1 aromatic carbocycles. The minimum absolute atomic E-state index is 0.0792. The normalized spacial score (nSPS) is 11.0. The number of amides is 1. The zero-order valence-electron chi connectivity index (χ0n) is 9.65. The second-order valence-electron chi connectivity index (χ2n) is 3.62. The van der Waals surface area contributed by atoms with Crippen molar-refractivity contribution >= 4 is 21.6 Å². The molecule has 0 spiro atoms. The molecule has 0 aliphatic rings. The first-order valence-corrected chi connectivity index (χ1v) is 6.72. The van der Waals surface area contributed by atoms with Crippen LogP contribution in [0.1, 0.15) is 10.5 Å². The van der Waals surface area contributed by atoms with Crippen molar-refractivity contribution in [2.24, 2.45) is 5.14 Å². The molecule has 7 nitrogen and oxygen atoms in total. The molecule has 0 aliphatic heterocycles. The Morgan fingerprint density at radius 2 is 2.05 bits per heavy atom. The Kier molecular flexibility index (Phi) is 3.54. The van der Waals surface area contributed by atoms with E-state index in [1.54, 1.807) is 6.07 Å². The highest BCUT2D eigenvalue weighted by molar-refractivity contribution is 7.89. The molecule has 2 rings (SSSR count). The summed E-state index contributed by atoms with van der Waals surface area (Å²) in [7, 11) is -3.81. The van der Waals surface area contributed by atoms with Gasteiger partial charge in [0.05, 0.1) is 11.1 Å². The van der Waals surface area contributed by atoms with Crippen LogP contribution in [0.15, 0.2) is 47.8 Å². The maximum Gasteiger partial charge on any atom is 0.275 e. The lowest BCUT2D eigenvalue weighted by atomic mass is 10.3. The van der Waals surface area contributed by atoms with E-state index in [2.05, 4.69) is 15.3 Å². The molecule has 0 fully saturated rings. The van der Waals surface area contributed by atoms with E-state index in [-0.39, 0.29) is 10.6 Å². The van der Waals surface area contributed by atoms with Gasteiger partial charge in [0.15, 0.2) is 0 Å². The minimum atomic E-state index is -3.81. The van der Waals surface area contributed by atoms with Crippen LogP contribution in [0.4, 0.5) is 5.69 Å². The number of aromatic nitrogens is 2. The maximum atomic E-state index is 11.8. The van der Waals surface area contributed by atoms with E-state index in [1.807, 2.05) is 0 Å². The number of sulfonamides is 1. The van der Waals surface area contributed by atoms with Crippen LogP contribution in [0, 0.1) is 0 Å². The average Bonchev–Trinajstić information content (AvgIpc) is 2.39. The maximum absolute atomic E-state index is 11.8. The topological polar surface area (TPSA) is 115 Å². The molecule has 98 valence electrons. The summed E-state index contributed by atoms with van der Waals surface area (Å²) in [6.45, 7) is 0. The highest BCUT2D eigenvalue weighted by Crippen LogP contribution is 2.14. The molecule has 0 radical (unpaired) electrons. The van der Waals surface area contributed by atoms with Gasteiger partial charge in [-0.05, 0) is 18.2 Å². The number of nitrogens with zero attached hydrogens (tertiary/aromatic N) is 2. The van der Waals surface area contributed by atoms with Gasteiger partial charge in [-0.1, -0.05) is 6.07 Å². The first-order valence-electron chi connectivity index (χ1n) is 5.17. The third-order valence-electron chi connectivity index (χ3n) is 2.22. The Morgan fingerprint density at radius 1 is 1.26 bits per heavy atom. The molecule has 2 aromatic rings. The summed E-state index contributed by atoms with van der Waals surface area (Å²) < 4.78 is 22.4. The second kappa shape index (κ2) is 5.12. The number of primary sulfonamides is 1. The fourth-order valence-electron chi connectivity index (χ4n) is 1.36. The predicted molar refractivity (Wildman–Crippen MR) is 67.8 cm³/mol. The lowest BCUT2D eigenvalue weighted by Gasteiger charge is -2.05. The van der Waals surface area contributed by atoms with Gasteiger partial charge >= 0.3 is 0 Å². The van der Waals surface area contributed by atoms with Crippen LogP contribution >= 0.6 is 0 Å². The number of anilines is 1. The standard InChI is InChI=1S/C11H10N4O3S/c12-19(17,18)9-3-1-2-8(6-9)15-11(16)10-7-13-4-5-14-10/h1-7H,(H,15,16)(H2,12,17,18). The van der Waals surface area contributed by atoms with Crippen LogP contribution in [0.3, 0.4) is 0 Å². The van der Waals surface area contributed by atoms with E-state index in [9.17, 15) is 13.2 Å². The Labute approximate surface area is 109 Å². The molecule has 1 aromatic heterocycles. The van der Waals surface area contributed by atoms with E-state index in [0.29, 0.717) is 5.69 Å². The summed E-state index contributed by atoms with van der Waals surface area (Å²) in [4.78, 5) is 19.3. The molecule has 3 N–H and O–H groups in total. The quantitative estimate of drug-likeness (QED) is 0.842. The monoisotopic (exact) mass is 278 g/mol. The van der Waals surface area contributed by atoms with E-state index in [4.69, 9.17) is 5.14 Å². The van der Waals surface area contributed by atoms with Crippen molar-refractivity contribution in [2.75, 3.05) is 5.32 Å². The van der Waals surface area contributed by atoms with E-state index < -0.39 is 15.9 Å². The Balaban J connectivity index is 2.23. The van der Waals surface area contributed by atoms with Crippen LogP contribution in [0.5, 0.6) is 0 Å². The van der Waals surface area contributed by atoms with Crippen LogP contribution in [0.2, 0.25) is 0 Å². The highest BCUT2D eigenvalue weighted by atomic mass is 32.2. The summed E-state index contributed by atoms with van der Waals surface area (Å²) in [6.07, 6.45) is 4.13. The Morgan fingerprint density at radius 3 is 2.68 bits per heavy atom. The first-order chi connectivity index (χ1) is 8.97. The number of carbonyl (C=O) groups is 1. The molecule has 0 saturated heterocycles. The zero-order valence-corrected chi connectivity index (χ0v) is 10.5. The fraction of sp³-hybridized carbons (Fsp3) is 0. The minimum Gasteiger partial charge on any atom is -0.321 e. The second-order valence-corrected chi connectivity index (χ2v) is 5.18. The van der Waals surface area contributed by atoms with Gasteiger partial charge in [0.2, 0.25) is 10.0 Å². The molecule has 0 atom stereocenters. The molecule has 1 heterocycles. The largest absolute Gasteiger partial charge is 0.321 e. The van der Waals surface area contributed by atoms with Gasteiger partial charge in [0, 0.05) is 18.1 Å². The average molecular weight is 278 g/mol. The smallest absolute Gasteiger partial charge is 0.275 e. The molecular weight excluding hydrogens is 268 g/mol. The highest BCUT2D eigenvalue weighted by Gasteiger charge is 2.11. The Hall–Kier alpha value is -2.32. The first kappa shape index (κ1) is 13.1. The van der Waals surface area contributed by atoms with Crippen molar-refractivity contribution in [3.63, 3.8) is 0 Å². The van der Waals surface area contributed by atoms with Gasteiger partial charge in [-0.15, -0.1) is 0 Å². The fourth-order valence-corrected chi connectivity index (χ4v) is 1.92. The number of nitrogens with one attached hydrogen (secondary N) is 1. The number of hydrogen-bond acceptors (Lipinski definition) is 5. The van der Waals surface area contributed by atoms with Crippen molar-refractivity contribution in [1.29, 1.82) is 0 Å². The summed E-state index contributed by atoms with van der Waals surface area (Å²) in [5.74, 6) is -0.486. The third kappa shape index (κ3) is 3.33. The van der Waals surface area contributed by atoms with Gasteiger partial charge in [0.1, 0.15) is 5.69 Å². The summed E-state index contributed by atoms with van der Waals surface area (Å²) in [5, 5.41) is 7.51. The van der Waals surface area contributed by atoms with E-state index in [1.165, 1.54) is 36.8 Å². The van der Waals surface area contributed by atoms with Gasteiger partial charge in [-0.2, -0.15) is 0 Å². The molecule has 0 saturated carbocycles. The Bertz CT molecular complexity index is 701. The van der Waals surface area contributed by atoms with Crippen LogP contribution in [0.25, 0.3) is 0 Å². The van der Waals surface area contributed by atoms with Crippen molar-refractivity contribution in [1.82, 2.24) is 9.97 Å². The summed E-state index contributed by atoms with van der Waals surface area (Å²) in [5.41, 5.74) is 0.436. The number of benzene rings is 1. The number of carbonyl (C=O) groups excluding carboxylic acids is 1. The molecule has 0 bridgehead atoms. The van der Waals surface area contributed by atoms with Crippen molar-refractivity contribution < 1.29 is 13.2 Å². The molecule has 0 aliphatic carbocycles. The predicted octanol–water partition coefficient (Wildman–Crippen LogP) is 0.376. The molecular formula is C11H10N4O3S. The number of nitrogens with two attached hydrogens (primary N) is 1. The molecule has 19 heavy (non-hydrogen) atoms. The van der Waals surface area contributed by atoms with E-state index >= 15 is 0 Å².